The normalized spacial score (nSPS) is 25.1. The number of nitrogens with zero attached hydrogens (tertiary/aromatic N) is 2. The van der Waals surface area contributed by atoms with Gasteiger partial charge in [0.2, 0.25) is 0 Å². The Bertz CT molecular complexity index is 393. The van der Waals surface area contributed by atoms with Gasteiger partial charge in [0.15, 0.2) is 10.9 Å². The molecular weight excluding hydrogens is 244 g/mol. The molecule has 1 aliphatic rings. The van der Waals surface area contributed by atoms with Gasteiger partial charge >= 0.3 is 0 Å². The van der Waals surface area contributed by atoms with Gasteiger partial charge in [0.1, 0.15) is 5.69 Å². The van der Waals surface area contributed by atoms with Crippen LogP contribution in [0.15, 0.2) is 5.38 Å². The lowest BCUT2D eigenvalue weighted by atomic mass is 10.1. The Morgan fingerprint density at radius 3 is 3.00 bits per heavy atom. The van der Waals surface area contributed by atoms with Crippen LogP contribution in [0.3, 0.4) is 0 Å². The fourth-order valence-electron chi connectivity index (χ4n) is 2.16. The van der Waals surface area contributed by atoms with Crippen LogP contribution in [0.25, 0.3) is 0 Å². The van der Waals surface area contributed by atoms with Crippen LogP contribution in [0.5, 0.6) is 0 Å². The zero-order valence-corrected chi connectivity index (χ0v) is 11.0. The predicted octanol–water partition coefficient (Wildman–Crippen LogP) is 2.80. The zero-order chi connectivity index (χ0) is 11.7. The van der Waals surface area contributed by atoms with Gasteiger partial charge in [-0.05, 0) is 19.3 Å². The summed E-state index contributed by atoms with van der Waals surface area (Å²) in [4.78, 5) is 18.0. The second-order valence-corrected chi connectivity index (χ2v) is 5.52. The molecule has 3 nitrogen and oxygen atoms in total. The smallest absolute Gasteiger partial charge is 0.196 e. The summed E-state index contributed by atoms with van der Waals surface area (Å²) in [7, 11) is 0. The molecule has 2 unspecified atom stereocenters. The van der Waals surface area contributed by atoms with E-state index in [-0.39, 0.29) is 11.7 Å². The molecule has 1 aromatic rings. The monoisotopic (exact) mass is 258 g/mol. The Balaban J connectivity index is 2.16. The summed E-state index contributed by atoms with van der Waals surface area (Å²) in [5, 5.41) is 2.75. The molecule has 0 aromatic carbocycles. The first-order valence-electron chi connectivity index (χ1n) is 5.43. The van der Waals surface area contributed by atoms with Gasteiger partial charge in [-0.25, -0.2) is 4.98 Å². The van der Waals surface area contributed by atoms with Gasteiger partial charge in [-0.15, -0.1) is 22.9 Å². The van der Waals surface area contributed by atoms with E-state index in [1.165, 1.54) is 17.8 Å². The molecule has 0 N–H and O–H groups in total. The fourth-order valence-corrected chi connectivity index (χ4v) is 3.24. The first-order chi connectivity index (χ1) is 7.61. The van der Waals surface area contributed by atoms with E-state index >= 15 is 0 Å². The van der Waals surface area contributed by atoms with Crippen LogP contribution < -0.4 is 4.90 Å². The van der Waals surface area contributed by atoms with Crippen LogP contribution in [0.4, 0.5) is 5.13 Å². The average molecular weight is 259 g/mol. The molecule has 0 aliphatic carbocycles. The van der Waals surface area contributed by atoms with Crippen molar-refractivity contribution in [2.24, 2.45) is 5.92 Å². The highest BCUT2D eigenvalue weighted by Gasteiger charge is 2.28. The lowest BCUT2D eigenvalue weighted by molar-refractivity contribution is 0.101. The molecule has 88 valence electrons. The minimum atomic E-state index is -0.0935. The molecule has 1 aliphatic heterocycles. The summed E-state index contributed by atoms with van der Waals surface area (Å²) in [5.74, 6) is 0.616. The van der Waals surface area contributed by atoms with E-state index in [1.54, 1.807) is 5.38 Å². The Labute approximate surface area is 104 Å². The van der Waals surface area contributed by atoms with Crippen LogP contribution in [-0.2, 0) is 0 Å². The molecule has 0 radical (unpaired) electrons. The molecular formula is C11H15ClN2OS. The van der Waals surface area contributed by atoms with E-state index < -0.39 is 0 Å². The highest BCUT2D eigenvalue weighted by atomic mass is 35.5. The second kappa shape index (κ2) is 4.72. The van der Waals surface area contributed by atoms with Crippen LogP contribution in [-0.4, -0.2) is 29.2 Å². The first-order valence-corrected chi connectivity index (χ1v) is 6.84. The van der Waals surface area contributed by atoms with Gasteiger partial charge in [-0.1, -0.05) is 6.92 Å². The number of anilines is 1. The fraction of sp³-hybridized carbons (Fsp3) is 0.636. The molecule has 1 aromatic heterocycles. The van der Waals surface area contributed by atoms with E-state index in [0.717, 1.165) is 11.7 Å². The maximum atomic E-state index is 11.4. The highest BCUT2D eigenvalue weighted by Crippen LogP contribution is 2.31. The third-order valence-electron chi connectivity index (χ3n) is 2.93. The quantitative estimate of drug-likeness (QED) is 0.618. The summed E-state index contributed by atoms with van der Waals surface area (Å²) in [6, 6.07) is 0.514. The average Bonchev–Trinajstić information content (AvgIpc) is 2.83. The Hall–Kier alpha value is -0.610. The van der Waals surface area contributed by atoms with Gasteiger partial charge in [-0.3, -0.25) is 4.79 Å². The second-order valence-electron chi connectivity index (χ2n) is 4.41. The number of rotatable bonds is 3. The summed E-state index contributed by atoms with van der Waals surface area (Å²) in [5.41, 5.74) is 0.502. The van der Waals surface area contributed by atoms with E-state index in [4.69, 9.17) is 11.6 Å². The lowest BCUT2D eigenvalue weighted by Gasteiger charge is -2.19. The maximum Gasteiger partial charge on any atom is 0.196 e. The molecule has 2 rings (SSSR count). The van der Waals surface area contributed by atoms with Gasteiger partial charge in [0.05, 0.1) is 5.88 Å². The molecule has 5 heteroatoms. The molecule has 1 fully saturated rings. The molecule has 16 heavy (non-hydrogen) atoms. The van der Waals surface area contributed by atoms with Crippen LogP contribution in [0, 0.1) is 5.92 Å². The number of Topliss-reactive ketones (excluding diaryl/α,β-unsaturated/α-hetero) is 1. The maximum absolute atomic E-state index is 11.4. The molecule has 2 heterocycles. The van der Waals surface area contributed by atoms with Gasteiger partial charge < -0.3 is 4.90 Å². The number of hydrogen-bond acceptors (Lipinski definition) is 4. The number of carbonyl (C=O) groups excluding carboxylic acids is 1. The largest absolute Gasteiger partial charge is 0.345 e. The summed E-state index contributed by atoms with van der Waals surface area (Å²) in [6.07, 6.45) is 1.19. The van der Waals surface area contributed by atoms with E-state index in [2.05, 4.69) is 23.7 Å². The van der Waals surface area contributed by atoms with Crippen LogP contribution in [0.2, 0.25) is 0 Å². The minimum Gasteiger partial charge on any atom is -0.345 e. The van der Waals surface area contributed by atoms with Crippen molar-refractivity contribution in [1.29, 1.82) is 0 Å². The molecule has 0 saturated carbocycles. The predicted molar refractivity (Wildman–Crippen MR) is 67.8 cm³/mol. The van der Waals surface area contributed by atoms with Crippen molar-refractivity contribution in [2.75, 3.05) is 17.3 Å². The van der Waals surface area contributed by atoms with Gasteiger partial charge in [0, 0.05) is 18.0 Å². The van der Waals surface area contributed by atoms with Crippen LogP contribution in [0.1, 0.15) is 30.8 Å². The zero-order valence-electron chi connectivity index (χ0n) is 9.44. The molecule has 0 spiro atoms. The number of halogens is 1. The van der Waals surface area contributed by atoms with Crippen molar-refractivity contribution in [3.63, 3.8) is 0 Å². The van der Waals surface area contributed by atoms with Crippen molar-refractivity contribution in [1.82, 2.24) is 4.98 Å². The number of aromatic nitrogens is 1. The third kappa shape index (κ3) is 2.23. The number of thiazole rings is 1. The molecule has 0 bridgehead atoms. The topological polar surface area (TPSA) is 33.2 Å². The third-order valence-corrected chi connectivity index (χ3v) is 4.05. The first kappa shape index (κ1) is 11.9. The number of ketones is 1. The van der Waals surface area contributed by atoms with E-state index in [1.807, 2.05) is 0 Å². The molecule has 0 amide bonds. The molecule has 1 saturated heterocycles. The van der Waals surface area contributed by atoms with Crippen molar-refractivity contribution >= 4 is 33.9 Å². The van der Waals surface area contributed by atoms with Crippen molar-refractivity contribution in [3.8, 4) is 0 Å². The van der Waals surface area contributed by atoms with Crippen LogP contribution >= 0.6 is 22.9 Å². The number of carbonyl (C=O) groups is 1. The molecule has 2 atom stereocenters. The number of hydrogen-bond donors (Lipinski definition) is 0. The Morgan fingerprint density at radius 2 is 2.44 bits per heavy atom. The SMILES string of the molecule is CC1CC(C)N(c2nc(C(=O)CCl)cs2)C1. The van der Waals surface area contributed by atoms with Gasteiger partial charge in [0.25, 0.3) is 0 Å². The Kier molecular flexibility index (Phi) is 3.50. The highest BCUT2D eigenvalue weighted by molar-refractivity contribution is 7.14. The Morgan fingerprint density at radius 1 is 1.69 bits per heavy atom. The van der Waals surface area contributed by atoms with E-state index in [9.17, 15) is 4.79 Å². The van der Waals surface area contributed by atoms with E-state index in [0.29, 0.717) is 17.7 Å². The van der Waals surface area contributed by atoms with Crippen molar-refractivity contribution < 1.29 is 4.79 Å². The summed E-state index contributed by atoms with van der Waals surface area (Å²) >= 11 is 7.04. The number of alkyl halides is 1. The summed E-state index contributed by atoms with van der Waals surface area (Å²) in [6.45, 7) is 5.48. The lowest BCUT2D eigenvalue weighted by Crippen LogP contribution is -2.26. The van der Waals surface area contributed by atoms with Crippen molar-refractivity contribution in [3.05, 3.63) is 11.1 Å². The standard InChI is InChI=1S/C11H15ClN2OS/c1-7-3-8(2)14(5-7)11-13-9(6-16-11)10(15)4-12/h6-8H,3-5H2,1-2H3. The van der Waals surface area contributed by atoms with Crippen molar-refractivity contribution in [2.45, 2.75) is 26.3 Å². The minimum absolute atomic E-state index is 0.00906. The summed E-state index contributed by atoms with van der Waals surface area (Å²) < 4.78 is 0. The van der Waals surface area contributed by atoms with Gasteiger partial charge in [-0.2, -0.15) is 0 Å².